The third-order valence-electron chi connectivity index (χ3n) is 4.85. The second kappa shape index (κ2) is 6.25. The van der Waals surface area contributed by atoms with Gasteiger partial charge in [0.15, 0.2) is 5.69 Å². The van der Waals surface area contributed by atoms with Crippen molar-refractivity contribution in [1.82, 2.24) is 30.2 Å². The van der Waals surface area contributed by atoms with Gasteiger partial charge in [-0.3, -0.25) is 9.78 Å². The molecule has 1 atom stereocenters. The SMILES string of the molecule is Cc1c(C(=O)N(C)[C@@H]2CCNC2)nnn1-c1cccc2ncccc12. The lowest BCUT2D eigenvalue weighted by Crippen LogP contribution is -2.38. The Morgan fingerprint density at radius 1 is 1.32 bits per heavy atom. The van der Waals surface area contributed by atoms with E-state index in [0.29, 0.717) is 5.69 Å². The van der Waals surface area contributed by atoms with Crippen LogP contribution in [0.4, 0.5) is 0 Å². The Labute approximate surface area is 145 Å². The Hall–Kier alpha value is -2.80. The van der Waals surface area contributed by atoms with Gasteiger partial charge in [0.25, 0.3) is 5.91 Å². The van der Waals surface area contributed by atoms with Gasteiger partial charge >= 0.3 is 0 Å². The van der Waals surface area contributed by atoms with Gasteiger partial charge in [-0.05, 0) is 44.2 Å². The maximum absolute atomic E-state index is 12.8. The van der Waals surface area contributed by atoms with Crippen molar-refractivity contribution in [3.8, 4) is 5.69 Å². The summed E-state index contributed by atoms with van der Waals surface area (Å²) >= 11 is 0. The predicted molar refractivity (Wildman–Crippen MR) is 94.8 cm³/mol. The molecule has 7 nitrogen and oxygen atoms in total. The number of carbonyl (C=O) groups is 1. The van der Waals surface area contributed by atoms with Crippen LogP contribution in [0.3, 0.4) is 0 Å². The van der Waals surface area contributed by atoms with Crippen molar-refractivity contribution in [2.45, 2.75) is 19.4 Å². The van der Waals surface area contributed by atoms with Crippen LogP contribution in [0.5, 0.6) is 0 Å². The standard InChI is InChI=1S/C18H20N6O/c1-12-17(18(25)23(2)13-8-10-19-11-13)21-22-24(12)16-7-3-6-15-14(16)5-4-9-20-15/h3-7,9,13,19H,8,10-11H2,1-2H3/t13-/m1/s1. The number of rotatable bonds is 3. The van der Waals surface area contributed by atoms with E-state index in [9.17, 15) is 4.79 Å². The van der Waals surface area contributed by atoms with Gasteiger partial charge in [0, 0.05) is 31.2 Å². The van der Waals surface area contributed by atoms with E-state index in [1.807, 2.05) is 44.3 Å². The third kappa shape index (κ3) is 2.66. The molecule has 3 aromatic rings. The Kier molecular flexibility index (Phi) is 3.93. The van der Waals surface area contributed by atoms with Crippen molar-refractivity contribution in [1.29, 1.82) is 0 Å². The van der Waals surface area contributed by atoms with Gasteiger partial charge in [0.05, 0.1) is 16.9 Å². The number of likely N-dealkylation sites (N-methyl/N-ethyl adjacent to an activating group) is 1. The Morgan fingerprint density at radius 3 is 3.00 bits per heavy atom. The Balaban J connectivity index is 1.72. The molecule has 2 aromatic heterocycles. The number of aromatic nitrogens is 4. The van der Waals surface area contributed by atoms with Crippen LogP contribution in [0, 0.1) is 6.92 Å². The fourth-order valence-electron chi connectivity index (χ4n) is 3.33. The molecule has 0 saturated carbocycles. The summed E-state index contributed by atoms with van der Waals surface area (Å²) in [6, 6.07) is 9.95. The minimum atomic E-state index is -0.0872. The summed E-state index contributed by atoms with van der Waals surface area (Å²) < 4.78 is 1.72. The van der Waals surface area contributed by atoms with Crippen molar-refractivity contribution >= 4 is 16.8 Å². The van der Waals surface area contributed by atoms with Crippen LogP contribution >= 0.6 is 0 Å². The molecule has 3 heterocycles. The van der Waals surface area contributed by atoms with Crippen molar-refractivity contribution < 1.29 is 4.79 Å². The van der Waals surface area contributed by atoms with Crippen molar-refractivity contribution in [3.63, 3.8) is 0 Å². The van der Waals surface area contributed by atoms with Crippen LogP contribution in [-0.2, 0) is 0 Å². The fraction of sp³-hybridized carbons (Fsp3) is 0.333. The van der Waals surface area contributed by atoms with Gasteiger partial charge in [-0.15, -0.1) is 5.10 Å². The van der Waals surface area contributed by atoms with Crippen LogP contribution in [0.1, 0.15) is 22.6 Å². The number of nitrogens with one attached hydrogen (secondary N) is 1. The Morgan fingerprint density at radius 2 is 2.20 bits per heavy atom. The van der Waals surface area contributed by atoms with Gasteiger partial charge in [-0.25, -0.2) is 4.68 Å². The molecule has 1 N–H and O–H groups in total. The maximum Gasteiger partial charge on any atom is 0.276 e. The second-order valence-electron chi connectivity index (χ2n) is 6.35. The van der Waals surface area contributed by atoms with E-state index in [4.69, 9.17) is 0 Å². The number of hydrogen-bond donors (Lipinski definition) is 1. The van der Waals surface area contributed by atoms with Gasteiger partial charge in [-0.1, -0.05) is 11.3 Å². The van der Waals surface area contributed by atoms with Crippen molar-refractivity contribution in [2.24, 2.45) is 0 Å². The lowest BCUT2D eigenvalue weighted by atomic mass is 10.1. The molecule has 4 rings (SSSR count). The molecule has 1 fully saturated rings. The smallest absolute Gasteiger partial charge is 0.276 e. The molecule has 0 aliphatic carbocycles. The molecule has 128 valence electrons. The lowest BCUT2D eigenvalue weighted by molar-refractivity contribution is 0.0737. The van der Waals surface area contributed by atoms with Gasteiger partial charge in [0.1, 0.15) is 0 Å². The number of nitrogens with zero attached hydrogens (tertiary/aromatic N) is 5. The summed E-state index contributed by atoms with van der Waals surface area (Å²) in [5, 5.41) is 12.7. The van der Waals surface area contributed by atoms with E-state index in [1.54, 1.807) is 15.8 Å². The van der Waals surface area contributed by atoms with Gasteiger partial charge in [0.2, 0.25) is 0 Å². The molecular weight excluding hydrogens is 316 g/mol. The number of amides is 1. The fourth-order valence-corrected chi connectivity index (χ4v) is 3.33. The quantitative estimate of drug-likeness (QED) is 0.785. The largest absolute Gasteiger partial charge is 0.336 e. The highest BCUT2D eigenvalue weighted by Crippen LogP contribution is 2.22. The topological polar surface area (TPSA) is 75.9 Å². The zero-order valence-electron chi connectivity index (χ0n) is 14.3. The first kappa shape index (κ1) is 15.7. The van der Waals surface area contributed by atoms with Gasteiger partial charge < -0.3 is 10.2 Å². The molecular formula is C18H20N6O. The average molecular weight is 336 g/mol. The number of pyridine rings is 1. The number of hydrogen-bond acceptors (Lipinski definition) is 5. The van der Waals surface area contributed by atoms with Gasteiger partial charge in [-0.2, -0.15) is 0 Å². The average Bonchev–Trinajstić information content (AvgIpc) is 3.30. The van der Waals surface area contributed by atoms with E-state index in [2.05, 4.69) is 20.6 Å². The second-order valence-corrected chi connectivity index (χ2v) is 6.35. The highest BCUT2D eigenvalue weighted by Gasteiger charge is 2.27. The van der Waals surface area contributed by atoms with E-state index in [1.165, 1.54) is 0 Å². The lowest BCUT2D eigenvalue weighted by Gasteiger charge is -2.22. The number of benzene rings is 1. The maximum atomic E-state index is 12.8. The molecule has 0 unspecified atom stereocenters. The molecule has 1 aliphatic heterocycles. The van der Waals surface area contributed by atoms with Crippen LogP contribution in [0.2, 0.25) is 0 Å². The number of carbonyl (C=O) groups excluding carboxylic acids is 1. The molecule has 0 bridgehead atoms. The molecule has 1 aromatic carbocycles. The monoisotopic (exact) mass is 336 g/mol. The first-order valence-corrected chi connectivity index (χ1v) is 8.41. The highest BCUT2D eigenvalue weighted by atomic mass is 16.2. The summed E-state index contributed by atoms with van der Waals surface area (Å²) in [4.78, 5) is 19.0. The van der Waals surface area contributed by atoms with E-state index in [0.717, 1.165) is 41.8 Å². The molecule has 0 spiro atoms. The normalized spacial score (nSPS) is 17.1. The molecule has 7 heteroatoms. The van der Waals surface area contributed by atoms with Crippen LogP contribution < -0.4 is 5.32 Å². The Bertz CT molecular complexity index is 923. The summed E-state index contributed by atoms with van der Waals surface area (Å²) in [5.74, 6) is -0.0872. The van der Waals surface area contributed by atoms with Crippen LogP contribution in [-0.4, -0.2) is 57.0 Å². The first-order valence-electron chi connectivity index (χ1n) is 8.41. The third-order valence-corrected chi connectivity index (χ3v) is 4.85. The first-order chi connectivity index (χ1) is 12.2. The summed E-state index contributed by atoms with van der Waals surface area (Å²) in [7, 11) is 1.83. The summed E-state index contributed by atoms with van der Waals surface area (Å²) in [6.07, 6.45) is 2.73. The predicted octanol–water partition coefficient (Wildman–Crippen LogP) is 1.56. The van der Waals surface area contributed by atoms with Crippen molar-refractivity contribution in [2.75, 3.05) is 20.1 Å². The molecule has 25 heavy (non-hydrogen) atoms. The molecule has 0 radical (unpaired) electrons. The zero-order chi connectivity index (χ0) is 17.4. The number of fused-ring (bicyclic) bond motifs is 1. The summed E-state index contributed by atoms with van der Waals surface area (Å²) in [5.41, 5.74) is 2.89. The minimum absolute atomic E-state index is 0.0872. The summed E-state index contributed by atoms with van der Waals surface area (Å²) in [6.45, 7) is 3.64. The van der Waals surface area contributed by atoms with E-state index in [-0.39, 0.29) is 11.9 Å². The molecule has 1 amide bonds. The zero-order valence-corrected chi connectivity index (χ0v) is 14.3. The highest BCUT2D eigenvalue weighted by molar-refractivity contribution is 5.94. The van der Waals surface area contributed by atoms with Crippen LogP contribution in [0.15, 0.2) is 36.5 Å². The molecule has 1 saturated heterocycles. The van der Waals surface area contributed by atoms with E-state index >= 15 is 0 Å². The van der Waals surface area contributed by atoms with E-state index < -0.39 is 0 Å². The van der Waals surface area contributed by atoms with Crippen molar-refractivity contribution in [3.05, 3.63) is 47.9 Å². The minimum Gasteiger partial charge on any atom is -0.336 e. The molecule has 1 aliphatic rings. The van der Waals surface area contributed by atoms with Crippen LogP contribution in [0.25, 0.3) is 16.6 Å².